The molecule has 0 bridgehead atoms. The molecule has 1 N–H and O–H groups in total. The molecule has 3 nitrogen and oxygen atoms in total. The Bertz CT molecular complexity index is 211. The number of nitrogens with one attached hydrogen (secondary N) is 1. The highest BCUT2D eigenvalue weighted by atomic mass is 79.9. The molecule has 0 aromatic carbocycles. The Balaban J connectivity index is 4.26. The second-order valence-electron chi connectivity index (χ2n) is 1.43. The molecule has 0 aliphatic heterocycles. The maximum atomic E-state index is 11.5. The van der Waals surface area contributed by atoms with E-state index in [-0.39, 0.29) is 5.33 Å². The third-order valence-electron chi connectivity index (χ3n) is 0.620. The molecule has 0 saturated carbocycles. The summed E-state index contributed by atoms with van der Waals surface area (Å²) in [6.07, 6.45) is 0. The number of hydrogen-bond acceptors (Lipinski definition) is 2. The van der Waals surface area contributed by atoms with E-state index in [0.717, 1.165) is 6.54 Å². The van der Waals surface area contributed by atoms with Gasteiger partial charge in [-0.05, 0) is 0 Å². The van der Waals surface area contributed by atoms with E-state index < -0.39 is 15.5 Å². The van der Waals surface area contributed by atoms with Crippen LogP contribution in [-0.2, 0) is 10.0 Å². The molecule has 8 heteroatoms. The molecule has 0 amide bonds. The van der Waals surface area contributed by atoms with Crippen LogP contribution in [0.1, 0.15) is 0 Å². The van der Waals surface area contributed by atoms with Crippen molar-refractivity contribution in [2.75, 3.05) is 5.33 Å². The van der Waals surface area contributed by atoms with Crippen molar-refractivity contribution in [3.8, 4) is 0 Å². The molecule has 11 heavy (non-hydrogen) atoms. The van der Waals surface area contributed by atoms with E-state index in [4.69, 9.17) is 0 Å². The Hall–Kier alpha value is 0.180. The molecule has 0 atom stereocenters. The van der Waals surface area contributed by atoms with Crippen molar-refractivity contribution in [3.05, 3.63) is 6.54 Å². The van der Waals surface area contributed by atoms with Crippen LogP contribution in [0.4, 0.5) is 13.2 Å². The van der Waals surface area contributed by atoms with E-state index in [9.17, 15) is 21.6 Å². The number of rotatable bonds is 3. The number of halogens is 4. The van der Waals surface area contributed by atoms with Crippen LogP contribution in [-0.4, -0.2) is 19.3 Å². The summed E-state index contributed by atoms with van der Waals surface area (Å²) in [4.78, 5) is 0. The van der Waals surface area contributed by atoms with Crippen molar-refractivity contribution < 1.29 is 21.6 Å². The molecule has 1 radical (unpaired) electrons. The summed E-state index contributed by atoms with van der Waals surface area (Å²) in [6.45, 7) is 0.739. The molecular weight excluding hydrogens is 251 g/mol. The van der Waals surface area contributed by atoms with Gasteiger partial charge in [0, 0.05) is 11.9 Å². The van der Waals surface area contributed by atoms with E-state index in [1.54, 1.807) is 0 Å². The van der Waals surface area contributed by atoms with Gasteiger partial charge in [0.25, 0.3) is 0 Å². The maximum absolute atomic E-state index is 11.5. The summed E-state index contributed by atoms with van der Waals surface area (Å²) in [5.41, 5.74) is -5.24. The topological polar surface area (TPSA) is 46.2 Å². The van der Waals surface area contributed by atoms with Crippen molar-refractivity contribution in [1.29, 1.82) is 0 Å². The van der Waals surface area contributed by atoms with Crippen molar-refractivity contribution >= 4 is 26.0 Å². The molecular formula is C3H4BrF3NO2S. The van der Waals surface area contributed by atoms with Crippen molar-refractivity contribution in [2.45, 2.75) is 5.51 Å². The van der Waals surface area contributed by atoms with Crippen LogP contribution in [0.25, 0.3) is 0 Å². The molecule has 0 spiro atoms. The molecule has 0 aliphatic rings. The van der Waals surface area contributed by atoms with E-state index >= 15 is 0 Å². The van der Waals surface area contributed by atoms with Gasteiger partial charge in [0.05, 0.1) is 0 Å². The van der Waals surface area contributed by atoms with Gasteiger partial charge in [0.1, 0.15) is 0 Å². The van der Waals surface area contributed by atoms with Gasteiger partial charge in [-0.2, -0.15) is 13.2 Å². The Morgan fingerprint density at radius 1 is 1.45 bits per heavy atom. The standard InChI is InChI=1S/C3H4BrF3NO2S/c4-1-2-8-11(9,10)3(5,6)7/h2,8H,1H2. The quantitative estimate of drug-likeness (QED) is 0.764. The van der Waals surface area contributed by atoms with Crippen molar-refractivity contribution in [2.24, 2.45) is 0 Å². The lowest BCUT2D eigenvalue weighted by Crippen LogP contribution is -2.35. The molecule has 0 aromatic heterocycles. The fourth-order valence-electron chi connectivity index (χ4n) is 0.208. The van der Waals surface area contributed by atoms with Crippen molar-refractivity contribution in [1.82, 2.24) is 4.72 Å². The first-order chi connectivity index (χ1) is 4.81. The summed E-state index contributed by atoms with van der Waals surface area (Å²) in [5, 5.41) is 0.0162. The highest BCUT2D eigenvalue weighted by Crippen LogP contribution is 2.21. The molecule has 0 rings (SSSR count). The lowest BCUT2D eigenvalue weighted by molar-refractivity contribution is -0.0445. The SMILES string of the molecule is O=S(=O)(N[CH]CBr)C(F)(F)F. The Morgan fingerprint density at radius 3 is 2.18 bits per heavy atom. The largest absolute Gasteiger partial charge is 0.511 e. The fraction of sp³-hybridized carbons (Fsp3) is 0.667. The van der Waals surface area contributed by atoms with Gasteiger partial charge in [-0.25, -0.2) is 13.1 Å². The number of alkyl halides is 4. The Morgan fingerprint density at radius 2 is 1.91 bits per heavy atom. The lowest BCUT2D eigenvalue weighted by Gasteiger charge is -2.06. The fourth-order valence-corrected chi connectivity index (χ4v) is 1.02. The van der Waals surface area contributed by atoms with Gasteiger partial charge < -0.3 is 0 Å². The smallest absolute Gasteiger partial charge is 0.203 e. The van der Waals surface area contributed by atoms with Gasteiger partial charge in [0.2, 0.25) is 0 Å². The normalized spacial score (nSPS) is 13.5. The van der Waals surface area contributed by atoms with Gasteiger partial charge in [-0.1, -0.05) is 15.9 Å². The van der Waals surface area contributed by atoms with E-state index in [0.29, 0.717) is 0 Å². The monoisotopic (exact) mass is 254 g/mol. The second kappa shape index (κ2) is 3.72. The molecule has 0 unspecified atom stereocenters. The van der Waals surface area contributed by atoms with Gasteiger partial charge in [-0.3, -0.25) is 0 Å². The average molecular weight is 255 g/mol. The summed E-state index contributed by atoms with van der Waals surface area (Å²) in [5.74, 6) is 0. The van der Waals surface area contributed by atoms with Crippen LogP contribution in [0.15, 0.2) is 0 Å². The third-order valence-corrected chi connectivity index (χ3v) is 2.03. The summed E-state index contributed by atoms with van der Waals surface area (Å²) in [6, 6.07) is 0. The molecule has 0 aromatic rings. The number of hydrogen-bond donors (Lipinski definition) is 1. The van der Waals surface area contributed by atoms with Crippen LogP contribution in [0.5, 0.6) is 0 Å². The zero-order valence-corrected chi connectivity index (χ0v) is 7.42. The van der Waals surface area contributed by atoms with Gasteiger partial charge >= 0.3 is 15.5 Å². The lowest BCUT2D eigenvalue weighted by atomic mass is 10.8. The highest BCUT2D eigenvalue weighted by Gasteiger charge is 2.45. The second-order valence-corrected chi connectivity index (χ2v) is 3.78. The summed E-state index contributed by atoms with van der Waals surface area (Å²) >= 11 is 2.72. The van der Waals surface area contributed by atoms with E-state index in [2.05, 4.69) is 15.9 Å². The zero-order chi connectivity index (χ0) is 9.12. The van der Waals surface area contributed by atoms with Gasteiger partial charge in [-0.15, -0.1) is 0 Å². The minimum absolute atomic E-state index is 0.0162. The summed E-state index contributed by atoms with van der Waals surface area (Å²) in [7, 11) is -5.20. The molecule has 0 heterocycles. The first kappa shape index (κ1) is 11.2. The highest BCUT2D eigenvalue weighted by molar-refractivity contribution is 9.09. The van der Waals surface area contributed by atoms with Crippen LogP contribution >= 0.6 is 15.9 Å². The first-order valence-electron chi connectivity index (χ1n) is 2.27. The van der Waals surface area contributed by atoms with E-state index in [1.807, 2.05) is 0 Å². The van der Waals surface area contributed by atoms with Crippen molar-refractivity contribution in [3.63, 3.8) is 0 Å². The van der Waals surface area contributed by atoms with Gasteiger partial charge in [0.15, 0.2) is 0 Å². The molecule has 67 valence electrons. The zero-order valence-electron chi connectivity index (χ0n) is 5.02. The molecule has 0 aliphatic carbocycles. The van der Waals surface area contributed by atoms with Crippen LogP contribution in [0.2, 0.25) is 0 Å². The van der Waals surface area contributed by atoms with Crippen LogP contribution in [0.3, 0.4) is 0 Å². The van der Waals surface area contributed by atoms with Crippen LogP contribution in [0, 0.1) is 6.54 Å². The minimum atomic E-state index is -5.24. The summed E-state index contributed by atoms with van der Waals surface area (Å²) < 4.78 is 55.9. The number of sulfonamides is 1. The first-order valence-corrected chi connectivity index (χ1v) is 4.88. The predicted molar refractivity (Wildman–Crippen MR) is 36.2 cm³/mol. The average Bonchev–Trinajstić information content (AvgIpc) is 1.81. The third kappa shape index (κ3) is 3.39. The van der Waals surface area contributed by atoms with E-state index in [1.165, 1.54) is 4.72 Å². The molecule has 0 fully saturated rings. The maximum Gasteiger partial charge on any atom is 0.511 e. The van der Waals surface area contributed by atoms with Crippen LogP contribution < -0.4 is 4.72 Å². The molecule has 0 saturated heterocycles. The Labute approximate surface area is 70.1 Å². The Kier molecular flexibility index (Phi) is 3.78. The predicted octanol–water partition coefficient (Wildman–Crippen LogP) is 0.982. The minimum Gasteiger partial charge on any atom is -0.203 e.